The highest BCUT2D eigenvalue weighted by molar-refractivity contribution is 6.02. The average molecular weight is 508 g/mol. The van der Waals surface area contributed by atoms with Crippen LogP contribution < -0.4 is 10.1 Å². The van der Waals surface area contributed by atoms with E-state index in [0.29, 0.717) is 37.3 Å². The van der Waals surface area contributed by atoms with Crippen molar-refractivity contribution in [3.63, 3.8) is 0 Å². The lowest BCUT2D eigenvalue weighted by Crippen LogP contribution is -2.53. The van der Waals surface area contributed by atoms with E-state index in [9.17, 15) is 19.2 Å². The zero-order valence-electron chi connectivity index (χ0n) is 21.8. The third kappa shape index (κ3) is 4.90. The molecule has 2 N–H and O–H groups in total. The molecule has 0 spiro atoms. The molecule has 198 valence electrons. The SMILES string of the molecule is CCC(=O)C(CC1CCCC1=O)NC(=O)C1C2CCCCC2CN1C(=O)c1cc2c(OC)cccc2[nH]1. The number of carbonyl (C=O) groups is 4. The summed E-state index contributed by atoms with van der Waals surface area (Å²) < 4.78 is 5.46. The Bertz CT molecular complexity index is 1200. The second-order valence-corrected chi connectivity index (χ2v) is 10.9. The smallest absolute Gasteiger partial charge is 0.271 e. The van der Waals surface area contributed by atoms with Gasteiger partial charge in [-0.05, 0) is 62.1 Å². The molecule has 0 bridgehead atoms. The number of hydrogen-bond donors (Lipinski definition) is 2. The van der Waals surface area contributed by atoms with Gasteiger partial charge in [0.1, 0.15) is 23.3 Å². The van der Waals surface area contributed by atoms with E-state index in [1.807, 2.05) is 18.2 Å². The van der Waals surface area contributed by atoms with Crippen molar-refractivity contribution >= 4 is 34.3 Å². The van der Waals surface area contributed by atoms with Crippen LogP contribution in [0.3, 0.4) is 0 Å². The van der Waals surface area contributed by atoms with Crippen molar-refractivity contribution in [2.45, 2.75) is 76.8 Å². The van der Waals surface area contributed by atoms with Gasteiger partial charge in [-0.15, -0.1) is 0 Å². The van der Waals surface area contributed by atoms with Crippen molar-refractivity contribution in [2.24, 2.45) is 17.8 Å². The Morgan fingerprint density at radius 1 is 1.16 bits per heavy atom. The maximum atomic E-state index is 13.8. The van der Waals surface area contributed by atoms with Gasteiger partial charge in [0.15, 0.2) is 5.78 Å². The van der Waals surface area contributed by atoms with Crippen LogP contribution in [0, 0.1) is 17.8 Å². The third-order valence-corrected chi connectivity index (χ3v) is 8.75. The van der Waals surface area contributed by atoms with Crippen molar-refractivity contribution in [3.8, 4) is 5.75 Å². The molecular weight excluding hydrogens is 470 g/mol. The molecule has 3 aliphatic rings. The first kappa shape index (κ1) is 25.5. The minimum absolute atomic E-state index is 0.0631. The zero-order valence-corrected chi connectivity index (χ0v) is 21.8. The Morgan fingerprint density at radius 2 is 1.97 bits per heavy atom. The Kier molecular flexibility index (Phi) is 7.36. The maximum Gasteiger partial charge on any atom is 0.271 e. The minimum atomic E-state index is -0.693. The summed E-state index contributed by atoms with van der Waals surface area (Å²) in [7, 11) is 1.60. The normalized spacial score (nSPS) is 26.2. The van der Waals surface area contributed by atoms with E-state index in [0.717, 1.165) is 49.4 Å². The molecule has 2 aromatic rings. The number of fused-ring (bicyclic) bond motifs is 2. The first-order chi connectivity index (χ1) is 17.9. The monoisotopic (exact) mass is 507 g/mol. The lowest BCUT2D eigenvalue weighted by Gasteiger charge is -2.31. The van der Waals surface area contributed by atoms with Crippen molar-refractivity contribution in [1.82, 2.24) is 15.2 Å². The van der Waals surface area contributed by atoms with Gasteiger partial charge in [-0.3, -0.25) is 19.2 Å². The second-order valence-electron chi connectivity index (χ2n) is 10.9. The summed E-state index contributed by atoms with van der Waals surface area (Å²) in [6, 6.07) is 6.09. The number of Topliss-reactive ketones (excluding diaryl/α,β-unsaturated/α-hetero) is 2. The number of nitrogens with one attached hydrogen (secondary N) is 2. The molecule has 1 aromatic heterocycles. The molecule has 1 saturated heterocycles. The predicted octanol–water partition coefficient (Wildman–Crippen LogP) is 4.03. The van der Waals surface area contributed by atoms with Crippen LogP contribution in [-0.2, 0) is 14.4 Å². The van der Waals surface area contributed by atoms with E-state index in [2.05, 4.69) is 10.3 Å². The van der Waals surface area contributed by atoms with Gasteiger partial charge < -0.3 is 19.9 Å². The number of aromatic nitrogens is 1. The van der Waals surface area contributed by atoms with Crippen LogP contribution in [0.2, 0.25) is 0 Å². The van der Waals surface area contributed by atoms with Gasteiger partial charge in [0.25, 0.3) is 5.91 Å². The van der Waals surface area contributed by atoms with Crippen molar-refractivity contribution < 1.29 is 23.9 Å². The molecule has 2 heterocycles. The highest BCUT2D eigenvalue weighted by Gasteiger charge is 2.49. The Morgan fingerprint density at radius 3 is 2.70 bits per heavy atom. The number of amides is 2. The molecule has 1 aromatic carbocycles. The van der Waals surface area contributed by atoms with Crippen LogP contribution in [-0.4, -0.2) is 59.0 Å². The van der Waals surface area contributed by atoms with E-state index in [1.54, 1.807) is 25.0 Å². The molecule has 0 radical (unpaired) electrons. The molecule has 1 aliphatic heterocycles. The van der Waals surface area contributed by atoms with E-state index < -0.39 is 12.1 Å². The molecule has 8 nitrogen and oxygen atoms in total. The summed E-state index contributed by atoms with van der Waals surface area (Å²) in [4.78, 5) is 57.7. The van der Waals surface area contributed by atoms with Gasteiger partial charge in [-0.25, -0.2) is 0 Å². The fourth-order valence-electron chi connectivity index (χ4n) is 6.79. The first-order valence-electron chi connectivity index (χ1n) is 13.7. The van der Waals surface area contributed by atoms with E-state index >= 15 is 0 Å². The minimum Gasteiger partial charge on any atom is -0.496 e. The number of nitrogens with zero attached hydrogens (tertiary/aromatic N) is 1. The van der Waals surface area contributed by atoms with Gasteiger partial charge in [0.05, 0.1) is 13.2 Å². The van der Waals surface area contributed by atoms with Crippen LogP contribution in [0.25, 0.3) is 10.9 Å². The summed E-state index contributed by atoms with van der Waals surface area (Å²) >= 11 is 0. The number of ether oxygens (including phenoxy) is 1. The molecule has 37 heavy (non-hydrogen) atoms. The molecule has 5 rings (SSSR count). The van der Waals surface area contributed by atoms with Gasteiger partial charge in [0, 0.05) is 36.2 Å². The summed E-state index contributed by atoms with van der Waals surface area (Å²) in [5, 5.41) is 3.83. The molecular formula is C29H37N3O5. The van der Waals surface area contributed by atoms with E-state index in [-0.39, 0.29) is 41.1 Å². The molecule has 2 saturated carbocycles. The molecule has 5 atom stereocenters. The standard InChI is InChI=1S/C29H37N3O5/c1-3-24(33)22(14-17-9-6-12-25(17)34)31-28(35)27-19-10-5-4-8-18(19)16-32(27)29(36)23-15-20-21(30-23)11-7-13-26(20)37-2/h7,11,13,15,17-19,22,27,30H,3-6,8-10,12,14,16H2,1-2H3,(H,31,35). The lowest BCUT2D eigenvalue weighted by atomic mass is 9.78. The number of carbonyl (C=O) groups excluding carboxylic acids is 4. The quantitative estimate of drug-likeness (QED) is 0.561. The number of likely N-dealkylation sites (tertiary alicyclic amines) is 1. The predicted molar refractivity (Wildman–Crippen MR) is 139 cm³/mol. The largest absolute Gasteiger partial charge is 0.496 e. The van der Waals surface area contributed by atoms with Crippen LogP contribution in [0.5, 0.6) is 5.75 Å². The zero-order chi connectivity index (χ0) is 26.1. The van der Waals surface area contributed by atoms with Crippen molar-refractivity contribution in [3.05, 3.63) is 30.0 Å². The maximum absolute atomic E-state index is 13.8. The lowest BCUT2D eigenvalue weighted by molar-refractivity contribution is -0.132. The Balaban J connectivity index is 1.41. The molecule has 5 unspecified atom stereocenters. The number of methoxy groups -OCH3 is 1. The summed E-state index contributed by atoms with van der Waals surface area (Å²) in [5.41, 5.74) is 1.23. The van der Waals surface area contributed by atoms with Crippen LogP contribution in [0.1, 0.15) is 75.2 Å². The summed E-state index contributed by atoms with van der Waals surface area (Å²) in [6.07, 6.45) is 6.82. The highest BCUT2D eigenvalue weighted by atomic mass is 16.5. The van der Waals surface area contributed by atoms with Gasteiger partial charge in [-0.2, -0.15) is 0 Å². The molecule has 3 fully saturated rings. The molecule has 8 heteroatoms. The highest BCUT2D eigenvalue weighted by Crippen LogP contribution is 2.41. The summed E-state index contributed by atoms with van der Waals surface area (Å²) in [5.74, 6) is 0.483. The first-order valence-corrected chi connectivity index (χ1v) is 13.7. The summed E-state index contributed by atoms with van der Waals surface area (Å²) in [6.45, 7) is 2.31. The average Bonchev–Trinajstić information content (AvgIpc) is 3.63. The fourth-order valence-corrected chi connectivity index (χ4v) is 6.79. The third-order valence-electron chi connectivity index (χ3n) is 8.75. The fraction of sp³-hybridized carbons (Fsp3) is 0.586. The van der Waals surface area contributed by atoms with E-state index in [1.165, 1.54) is 0 Å². The van der Waals surface area contributed by atoms with Crippen molar-refractivity contribution in [1.29, 1.82) is 0 Å². The van der Waals surface area contributed by atoms with Gasteiger partial charge in [0.2, 0.25) is 5.91 Å². The van der Waals surface area contributed by atoms with Gasteiger partial charge in [-0.1, -0.05) is 25.8 Å². The topological polar surface area (TPSA) is 109 Å². The number of ketones is 2. The van der Waals surface area contributed by atoms with Crippen LogP contribution in [0.15, 0.2) is 24.3 Å². The number of rotatable bonds is 8. The van der Waals surface area contributed by atoms with E-state index in [4.69, 9.17) is 4.74 Å². The van der Waals surface area contributed by atoms with Crippen LogP contribution >= 0.6 is 0 Å². The Labute approximate surface area is 217 Å². The second kappa shape index (κ2) is 10.7. The van der Waals surface area contributed by atoms with Crippen LogP contribution in [0.4, 0.5) is 0 Å². The molecule has 2 aliphatic carbocycles. The number of hydrogen-bond acceptors (Lipinski definition) is 5. The van der Waals surface area contributed by atoms with Gasteiger partial charge >= 0.3 is 0 Å². The number of H-pyrrole nitrogens is 1. The number of benzene rings is 1. The van der Waals surface area contributed by atoms with Crippen molar-refractivity contribution in [2.75, 3.05) is 13.7 Å². The number of aromatic amines is 1. The molecule has 2 amide bonds. The Hall–Kier alpha value is -3.16.